The number of urea groups is 1. The van der Waals surface area contributed by atoms with Gasteiger partial charge in [-0.25, -0.2) is 4.79 Å². The van der Waals surface area contributed by atoms with Crippen LogP contribution in [0.25, 0.3) is 0 Å². The molecule has 21 heavy (non-hydrogen) atoms. The second-order valence-electron chi connectivity index (χ2n) is 5.22. The van der Waals surface area contributed by atoms with Crippen molar-refractivity contribution in [3.05, 3.63) is 30.1 Å². The predicted molar refractivity (Wildman–Crippen MR) is 80.9 cm³/mol. The molecule has 2 N–H and O–H groups in total. The lowest BCUT2D eigenvalue weighted by Gasteiger charge is -2.21. The monoisotopic (exact) mass is 292 g/mol. The van der Waals surface area contributed by atoms with Crippen LogP contribution in [0.3, 0.4) is 0 Å². The van der Waals surface area contributed by atoms with Crippen molar-refractivity contribution in [2.75, 3.05) is 33.4 Å². The van der Waals surface area contributed by atoms with E-state index in [2.05, 4.69) is 20.5 Å². The van der Waals surface area contributed by atoms with Gasteiger partial charge in [0.05, 0.1) is 6.61 Å². The number of nitrogens with zero attached hydrogens (tertiary/aromatic N) is 2. The zero-order valence-electron chi connectivity index (χ0n) is 12.5. The van der Waals surface area contributed by atoms with Gasteiger partial charge in [-0.15, -0.1) is 0 Å². The van der Waals surface area contributed by atoms with Crippen LogP contribution in [0.15, 0.2) is 24.5 Å². The van der Waals surface area contributed by atoms with Gasteiger partial charge in [0, 0.05) is 51.7 Å². The fourth-order valence-electron chi connectivity index (χ4n) is 2.18. The minimum Gasteiger partial charge on any atom is -0.383 e. The van der Waals surface area contributed by atoms with E-state index in [4.69, 9.17) is 4.74 Å². The fraction of sp³-hybridized carbons (Fsp3) is 0.600. The van der Waals surface area contributed by atoms with Gasteiger partial charge in [-0.3, -0.25) is 9.88 Å². The minimum absolute atomic E-state index is 0.130. The molecular weight excluding hydrogens is 268 g/mol. The summed E-state index contributed by atoms with van der Waals surface area (Å²) in [5, 5.41) is 5.73. The molecule has 2 rings (SSSR count). The number of hydrogen-bond donors (Lipinski definition) is 2. The average Bonchev–Trinajstić information content (AvgIpc) is 3.34. The molecular formula is C15H24N4O2. The molecule has 116 valence electrons. The molecule has 1 heterocycles. The third kappa shape index (κ3) is 6.10. The molecule has 0 unspecified atom stereocenters. The van der Waals surface area contributed by atoms with Gasteiger partial charge in [0.15, 0.2) is 0 Å². The summed E-state index contributed by atoms with van der Waals surface area (Å²) in [4.78, 5) is 18.0. The van der Waals surface area contributed by atoms with Gasteiger partial charge in [-0.2, -0.15) is 0 Å². The fourth-order valence-corrected chi connectivity index (χ4v) is 2.18. The highest BCUT2D eigenvalue weighted by Crippen LogP contribution is 2.25. The number of ether oxygens (including phenoxy) is 1. The summed E-state index contributed by atoms with van der Waals surface area (Å²) in [6, 6.07) is 4.33. The molecule has 0 spiro atoms. The van der Waals surface area contributed by atoms with Crippen molar-refractivity contribution in [1.29, 1.82) is 0 Å². The molecule has 1 aliphatic rings. The van der Waals surface area contributed by atoms with E-state index >= 15 is 0 Å². The van der Waals surface area contributed by atoms with Crippen molar-refractivity contribution in [1.82, 2.24) is 20.5 Å². The zero-order valence-corrected chi connectivity index (χ0v) is 12.5. The largest absolute Gasteiger partial charge is 0.383 e. The summed E-state index contributed by atoms with van der Waals surface area (Å²) in [7, 11) is 1.72. The van der Waals surface area contributed by atoms with E-state index in [1.807, 2.05) is 12.1 Å². The molecule has 6 nitrogen and oxygen atoms in total. The van der Waals surface area contributed by atoms with E-state index in [1.165, 1.54) is 12.8 Å². The van der Waals surface area contributed by atoms with Crippen molar-refractivity contribution in [3.63, 3.8) is 0 Å². The highest BCUT2D eigenvalue weighted by molar-refractivity contribution is 5.73. The first-order valence-electron chi connectivity index (χ1n) is 7.43. The maximum absolute atomic E-state index is 11.7. The van der Waals surface area contributed by atoms with Crippen LogP contribution in [-0.4, -0.2) is 55.3 Å². The molecule has 1 fully saturated rings. The summed E-state index contributed by atoms with van der Waals surface area (Å²) in [5.74, 6) is 0. The number of methoxy groups -OCH3 is 1. The lowest BCUT2D eigenvalue weighted by atomic mass is 10.3. The standard InChI is InChI=1S/C15H24N4O2/c1-21-11-10-19(14-2-3-14)9-8-17-15(20)18-12-13-4-6-16-7-5-13/h4-7,14H,2-3,8-12H2,1H3,(H2,17,18,20). The number of amides is 2. The Morgan fingerprint density at radius 1 is 1.33 bits per heavy atom. The summed E-state index contributed by atoms with van der Waals surface area (Å²) in [6.45, 7) is 3.72. The first-order chi connectivity index (χ1) is 10.3. The van der Waals surface area contributed by atoms with Crippen molar-refractivity contribution < 1.29 is 9.53 Å². The molecule has 6 heteroatoms. The highest BCUT2D eigenvalue weighted by atomic mass is 16.5. The molecule has 0 radical (unpaired) electrons. The van der Waals surface area contributed by atoms with Crippen LogP contribution in [0.4, 0.5) is 4.79 Å². The quantitative estimate of drug-likeness (QED) is 0.712. The minimum atomic E-state index is -0.130. The van der Waals surface area contributed by atoms with E-state index < -0.39 is 0 Å². The molecule has 0 aromatic carbocycles. The topological polar surface area (TPSA) is 66.5 Å². The Morgan fingerprint density at radius 2 is 2.10 bits per heavy atom. The number of carbonyl (C=O) groups is 1. The van der Waals surface area contributed by atoms with Crippen LogP contribution in [0.5, 0.6) is 0 Å². The predicted octanol–water partition coefficient (Wildman–Crippen LogP) is 0.992. The SMILES string of the molecule is COCCN(CCNC(=O)NCc1ccncc1)C1CC1. The van der Waals surface area contributed by atoms with Crippen LogP contribution in [0, 0.1) is 0 Å². The smallest absolute Gasteiger partial charge is 0.315 e. The number of hydrogen-bond acceptors (Lipinski definition) is 4. The Balaban J connectivity index is 1.59. The molecule has 1 aliphatic carbocycles. The van der Waals surface area contributed by atoms with E-state index in [1.54, 1.807) is 19.5 Å². The Hall–Kier alpha value is -1.66. The summed E-state index contributed by atoms with van der Waals surface area (Å²) < 4.78 is 5.12. The normalized spacial score (nSPS) is 14.2. The van der Waals surface area contributed by atoms with Crippen LogP contribution < -0.4 is 10.6 Å². The maximum atomic E-state index is 11.7. The molecule has 0 saturated heterocycles. The molecule has 0 aliphatic heterocycles. The van der Waals surface area contributed by atoms with E-state index in [0.29, 0.717) is 19.1 Å². The Bertz CT molecular complexity index is 423. The van der Waals surface area contributed by atoms with Gasteiger partial charge in [-0.05, 0) is 30.5 Å². The van der Waals surface area contributed by atoms with Gasteiger partial charge in [0.2, 0.25) is 0 Å². The van der Waals surface area contributed by atoms with Crippen molar-refractivity contribution in [2.24, 2.45) is 0 Å². The van der Waals surface area contributed by atoms with E-state index in [-0.39, 0.29) is 6.03 Å². The summed E-state index contributed by atoms with van der Waals surface area (Å²) in [6.07, 6.45) is 5.96. The third-order valence-electron chi connectivity index (χ3n) is 3.53. The zero-order chi connectivity index (χ0) is 14.9. The van der Waals surface area contributed by atoms with Crippen LogP contribution >= 0.6 is 0 Å². The second-order valence-corrected chi connectivity index (χ2v) is 5.22. The summed E-state index contributed by atoms with van der Waals surface area (Å²) in [5.41, 5.74) is 1.04. The van der Waals surface area contributed by atoms with E-state index in [9.17, 15) is 4.79 Å². The van der Waals surface area contributed by atoms with Gasteiger partial charge in [0.25, 0.3) is 0 Å². The van der Waals surface area contributed by atoms with Gasteiger partial charge < -0.3 is 15.4 Å². The van der Waals surface area contributed by atoms with Crippen LogP contribution in [0.1, 0.15) is 18.4 Å². The summed E-state index contributed by atoms with van der Waals surface area (Å²) >= 11 is 0. The Kier molecular flexibility index (Phi) is 6.43. The van der Waals surface area contributed by atoms with Crippen LogP contribution in [0.2, 0.25) is 0 Å². The number of rotatable bonds is 9. The van der Waals surface area contributed by atoms with Gasteiger partial charge >= 0.3 is 6.03 Å². The number of pyridine rings is 1. The lowest BCUT2D eigenvalue weighted by molar-refractivity contribution is 0.144. The van der Waals surface area contributed by atoms with Gasteiger partial charge in [-0.1, -0.05) is 0 Å². The second kappa shape index (κ2) is 8.59. The van der Waals surface area contributed by atoms with Gasteiger partial charge in [0.1, 0.15) is 0 Å². The number of nitrogens with one attached hydrogen (secondary N) is 2. The highest BCUT2D eigenvalue weighted by Gasteiger charge is 2.28. The lowest BCUT2D eigenvalue weighted by Crippen LogP contribution is -2.41. The van der Waals surface area contributed by atoms with E-state index in [0.717, 1.165) is 25.3 Å². The molecule has 2 amide bonds. The molecule has 0 atom stereocenters. The maximum Gasteiger partial charge on any atom is 0.315 e. The molecule has 0 bridgehead atoms. The van der Waals surface area contributed by atoms with Crippen molar-refractivity contribution in [2.45, 2.75) is 25.4 Å². The molecule has 1 aromatic heterocycles. The van der Waals surface area contributed by atoms with Crippen molar-refractivity contribution in [3.8, 4) is 0 Å². The molecule has 1 aromatic rings. The first kappa shape index (κ1) is 15.7. The van der Waals surface area contributed by atoms with Crippen LogP contribution in [-0.2, 0) is 11.3 Å². The average molecular weight is 292 g/mol. The number of aromatic nitrogens is 1. The van der Waals surface area contributed by atoms with Crippen molar-refractivity contribution >= 4 is 6.03 Å². The Labute approximate surface area is 125 Å². The number of carbonyl (C=O) groups excluding carboxylic acids is 1. The Morgan fingerprint density at radius 3 is 2.76 bits per heavy atom. The third-order valence-corrected chi connectivity index (χ3v) is 3.53. The molecule has 1 saturated carbocycles. The first-order valence-corrected chi connectivity index (χ1v) is 7.43.